The Labute approximate surface area is 168 Å². The second kappa shape index (κ2) is 7.03. The molecular weight excluding hydrogens is 362 g/mol. The van der Waals surface area contributed by atoms with E-state index < -0.39 is 0 Å². The molecule has 3 aromatic carbocycles. The van der Waals surface area contributed by atoms with Crippen molar-refractivity contribution in [3.8, 4) is 6.07 Å². The quantitative estimate of drug-likeness (QED) is 0.394. The van der Waals surface area contributed by atoms with E-state index in [1.54, 1.807) is 0 Å². The van der Waals surface area contributed by atoms with Gasteiger partial charge in [0.15, 0.2) is 0 Å². The van der Waals surface area contributed by atoms with Gasteiger partial charge < -0.3 is 4.90 Å². The van der Waals surface area contributed by atoms with E-state index in [2.05, 4.69) is 88.8 Å². The summed E-state index contributed by atoms with van der Waals surface area (Å²) in [5.41, 5.74) is 5.22. The van der Waals surface area contributed by atoms with Gasteiger partial charge in [-0.3, -0.25) is 4.99 Å². The molecule has 2 heterocycles. The first kappa shape index (κ1) is 16.9. The van der Waals surface area contributed by atoms with Gasteiger partial charge in [-0.2, -0.15) is 5.26 Å². The van der Waals surface area contributed by atoms with Gasteiger partial charge in [0.25, 0.3) is 0 Å². The number of allylic oxidation sites excluding steroid dienone is 2. The van der Waals surface area contributed by atoms with Gasteiger partial charge in [-0.15, -0.1) is 0 Å². The van der Waals surface area contributed by atoms with Crippen LogP contribution in [-0.4, -0.2) is 6.21 Å². The predicted octanol–water partition coefficient (Wildman–Crippen LogP) is 6.59. The summed E-state index contributed by atoms with van der Waals surface area (Å²) in [5, 5.41) is 9.29. The topological polar surface area (TPSA) is 39.4 Å². The Bertz CT molecular complexity index is 1110. The lowest BCUT2D eigenvalue weighted by molar-refractivity contribution is 0.874. The molecule has 1 unspecified atom stereocenters. The normalized spacial score (nSPS) is 17.3. The van der Waals surface area contributed by atoms with E-state index in [9.17, 15) is 5.26 Å². The number of hydrogen-bond donors (Lipinski definition) is 0. The lowest BCUT2D eigenvalue weighted by atomic mass is 9.91. The summed E-state index contributed by atoms with van der Waals surface area (Å²) >= 11 is 1.81. The fourth-order valence-corrected chi connectivity index (χ4v) is 4.88. The third-order valence-corrected chi connectivity index (χ3v) is 6.20. The minimum Gasteiger partial charge on any atom is -0.308 e. The van der Waals surface area contributed by atoms with Crippen LogP contribution < -0.4 is 4.90 Å². The number of benzene rings is 3. The lowest BCUT2D eigenvalue weighted by Gasteiger charge is -2.35. The van der Waals surface area contributed by atoms with Crippen LogP contribution in [0.5, 0.6) is 0 Å². The van der Waals surface area contributed by atoms with Gasteiger partial charge in [-0.1, -0.05) is 54.2 Å². The molecule has 0 bridgehead atoms. The van der Waals surface area contributed by atoms with Gasteiger partial charge in [0.2, 0.25) is 0 Å². The molecule has 2 aliphatic heterocycles. The number of nitrogens with zero attached hydrogens (tertiary/aromatic N) is 3. The minimum absolute atomic E-state index is 0.136. The molecule has 0 amide bonds. The number of anilines is 3. The molecule has 0 radical (unpaired) electrons. The smallest absolute Gasteiger partial charge is 0.136 e. The SMILES string of the molecule is N#CC1=CC(c2ccccc2N2c3ccccc3Sc3ccccc32)CC=N1. The summed E-state index contributed by atoms with van der Waals surface area (Å²) in [4.78, 5) is 9.03. The second-order valence-electron chi connectivity index (χ2n) is 6.75. The Balaban J connectivity index is 1.71. The van der Waals surface area contributed by atoms with E-state index in [-0.39, 0.29) is 5.92 Å². The molecular formula is C24H17N3S. The molecule has 5 rings (SSSR count). The fraction of sp³-hybridized carbons (Fsp3) is 0.0833. The van der Waals surface area contributed by atoms with Crippen LogP contribution in [0.25, 0.3) is 0 Å². The largest absolute Gasteiger partial charge is 0.308 e. The van der Waals surface area contributed by atoms with E-state index in [0.717, 1.165) is 12.1 Å². The van der Waals surface area contributed by atoms with Crippen LogP contribution in [0.15, 0.2) is 99.4 Å². The first-order valence-corrected chi connectivity index (χ1v) is 10.1. The van der Waals surface area contributed by atoms with Crippen molar-refractivity contribution < 1.29 is 0 Å². The van der Waals surface area contributed by atoms with Crippen LogP contribution in [0.4, 0.5) is 17.1 Å². The van der Waals surface area contributed by atoms with E-state index in [4.69, 9.17) is 0 Å². The number of para-hydroxylation sites is 3. The van der Waals surface area contributed by atoms with E-state index >= 15 is 0 Å². The molecule has 0 fully saturated rings. The Hall–Kier alpha value is -3.29. The molecule has 28 heavy (non-hydrogen) atoms. The van der Waals surface area contributed by atoms with Crippen LogP contribution in [0, 0.1) is 11.3 Å². The van der Waals surface area contributed by atoms with Crippen molar-refractivity contribution in [2.45, 2.75) is 22.1 Å². The third kappa shape index (κ3) is 2.81. The maximum absolute atomic E-state index is 9.29. The molecule has 0 aliphatic carbocycles. The Morgan fingerprint density at radius 2 is 1.46 bits per heavy atom. The highest BCUT2D eigenvalue weighted by Crippen LogP contribution is 2.52. The van der Waals surface area contributed by atoms with Crippen molar-refractivity contribution >= 4 is 35.0 Å². The molecule has 0 saturated carbocycles. The number of nitriles is 1. The maximum Gasteiger partial charge on any atom is 0.136 e. The zero-order valence-electron chi connectivity index (χ0n) is 15.1. The molecule has 0 spiro atoms. The van der Waals surface area contributed by atoms with Gasteiger partial charge >= 0.3 is 0 Å². The second-order valence-corrected chi connectivity index (χ2v) is 7.83. The lowest BCUT2D eigenvalue weighted by Crippen LogP contribution is -2.17. The molecule has 3 aromatic rings. The van der Waals surface area contributed by atoms with Crippen LogP contribution in [0.2, 0.25) is 0 Å². The third-order valence-electron chi connectivity index (χ3n) is 5.07. The van der Waals surface area contributed by atoms with Crippen molar-refractivity contribution in [1.29, 1.82) is 5.26 Å². The highest BCUT2D eigenvalue weighted by molar-refractivity contribution is 7.99. The standard InChI is InChI=1S/C24H17N3S/c25-16-18-15-17(13-14-26-18)19-7-1-2-8-20(19)27-21-9-3-5-11-23(21)28-24-12-6-4-10-22(24)27/h1-12,14-15,17H,13H2. The summed E-state index contributed by atoms with van der Waals surface area (Å²) in [5.74, 6) is 0.136. The predicted molar refractivity (Wildman–Crippen MR) is 115 cm³/mol. The molecule has 1 atom stereocenters. The molecule has 134 valence electrons. The van der Waals surface area contributed by atoms with Crippen molar-refractivity contribution in [3.05, 3.63) is 90.1 Å². The minimum atomic E-state index is 0.136. The monoisotopic (exact) mass is 379 g/mol. The van der Waals surface area contributed by atoms with Gasteiger partial charge in [-0.05, 0) is 48.4 Å². The number of rotatable bonds is 2. The number of fused-ring (bicyclic) bond motifs is 2. The van der Waals surface area contributed by atoms with Gasteiger partial charge in [-0.25, -0.2) is 0 Å². The highest BCUT2D eigenvalue weighted by atomic mass is 32.2. The molecule has 2 aliphatic rings. The van der Waals surface area contributed by atoms with Crippen LogP contribution in [0.3, 0.4) is 0 Å². The Morgan fingerprint density at radius 3 is 2.14 bits per heavy atom. The van der Waals surface area contributed by atoms with Crippen LogP contribution in [0.1, 0.15) is 17.9 Å². The van der Waals surface area contributed by atoms with Crippen molar-refractivity contribution in [2.24, 2.45) is 4.99 Å². The number of aliphatic imine (C=N–C) groups is 1. The number of hydrogen-bond acceptors (Lipinski definition) is 4. The molecule has 3 nitrogen and oxygen atoms in total. The average Bonchev–Trinajstić information content (AvgIpc) is 2.77. The van der Waals surface area contributed by atoms with Crippen LogP contribution >= 0.6 is 11.8 Å². The molecule has 4 heteroatoms. The van der Waals surface area contributed by atoms with Gasteiger partial charge in [0, 0.05) is 21.9 Å². The summed E-state index contributed by atoms with van der Waals surface area (Å²) in [7, 11) is 0. The fourth-order valence-electron chi connectivity index (χ4n) is 3.82. The highest BCUT2D eigenvalue weighted by Gasteiger charge is 2.27. The summed E-state index contributed by atoms with van der Waals surface area (Å²) < 4.78 is 0. The average molecular weight is 379 g/mol. The van der Waals surface area contributed by atoms with E-state index in [0.29, 0.717) is 5.70 Å². The molecule has 0 aromatic heterocycles. The molecule has 0 N–H and O–H groups in total. The Kier molecular flexibility index (Phi) is 4.23. The zero-order valence-corrected chi connectivity index (χ0v) is 15.9. The summed E-state index contributed by atoms with van der Waals surface area (Å²) in [6, 6.07) is 27.7. The zero-order chi connectivity index (χ0) is 18.9. The maximum atomic E-state index is 9.29. The first-order valence-electron chi connectivity index (χ1n) is 9.24. The summed E-state index contributed by atoms with van der Waals surface area (Å²) in [6.07, 6.45) is 4.64. The van der Waals surface area contributed by atoms with E-state index in [1.807, 2.05) is 24.1 Å². The van der Waals surface area contributed by atoms with Crippen molar-refractivity contribution in [1.82, 2.24) is 0 Å². The molecule has 0 saturated heterocycles. The van der Waals surface area contributed by atoms with Gasteiger partial charge in [0.05, 0.1) is 17.1 Å². The Morgan fingerprint density at radius 1 is 0.857 bits per heavy atom. The van der Waals surface area contributed by atoms with Crippen molar-refractivity contribution in [3.63, 3.8) is 0 Å². The van der Waals surface area contributed by atoms with Crippen molar-refractivity contribution in [2.75, 3.05) is 4.90 Å². The van der Waals surface area contributed by atoms with E-state index in [1.165, 1.54) is 26.7 Å². The first-order chi connectivity index (χ1) is 13.8. The van der Waals surface area contributed by atoms with Crippen LogP contribution in [-0.2, 0) is 0 Å². The summed E-state index contributed by atoms with van der Waals surface area (Å²) in [6.45, 7) is 0. The van der Waals surface area contributed by atoms with Gasteiger partial charge in [0.1, 0.15) is 11.8 Å².